The molecule has 3 rings (SSSR count). The molecule has 0 spiro atoms. The van der Waals surface area contributed by atoms with Gasteiger partial charge in [-0.25, -0.2) is 0 Å². The topological polar surface area (TPSA) is 254 Å². The summed E-state index contributed by atoms with van der Waals surface area (Å²) >= 11 is 0. The zero-order chi connectivity index (χ0) is 33.8. The van der Waals surface area contributed by atoms with Crippen molar-refractivity contribution in [3.8, 4) is 28.7 Å². The average Bonchev–Trinajstić information content (AvgIpc) is 3.04. The lowest BCUT2D eigenvalue weighted by molar-refractivity contribution is -0.141. The van der Waals surface area contributed by atoms with Gasteiger partial charge in [0.2, 0.25) is 23.6 Å². The summed E-state index contributed by atoms with van der Waals surface area (Å²) in [5.41, 5.74) is 25.3. The van der Waals surface area contributed by atoms with E-state index in [9.17, 15) is 19.2 Å². The number of carbonyl (C=O) groups is 4. The molecule has 15 heteroatoms. The fraction of sp³-hybridized carbons (Fsp3) is 0.452. The van der Waals surface area contributed by atoms with Gasteiger partial charge in [0.15, 0.2) is 0 Å². The molecule has 4 atom stereocenters. The maximum Gasteiger partial charge on any atom is 0.248 e. The van der Waals surface area contributed by atoms with Gasteiger partial charge in [-0.3, -0.25) is 19.2 Å². The van der Waals surface area contributed by atoms with E-state index < -0.39 is 47.8 Å². The van der Waals surface area contributed by atoms with E-state index in [0.29, 0.717) is 33.8 Å². The Morgan fingerprint density at radius 1 is 1.00 bits per heavy atom. The minimum atomic E-state index is -1.23. The molecule has 0 aromatic heterocycles. The fourth-order valence-corrected chi connectivity index (χ4v) is 5.02. The Morgan fingerprint density at radius 2 is 1.63 bits per heavy atom. The van der Waals surface area contributed by atoms with Crippen LogP contribution in [0.2, 0.25) is 0 Å². The highest BCUT2D eigenvalue weighted by Gasteiger charge is 2.34. The summed E-state index contributed by atoms with van der Waals surface area (Å²) in [6.45, 7) is 2.21. The van der Waals surface area contributed by atoms with Gasteiger partial charge < -0.3 is 53.3 Å². The van der Waals surface area contributed by atoms with Crippen molar-refractivity contribution in [2.45, 2.75) is 43.9 Å². The molecule has 4 amide bonds. The summed E-state index contributed by atoms with van der Waals surface area (Å²) in [6.07, 6.45) is 0.239. The van der Waals surface area contributed by atoms with Crippen LogP contribution in [0.25, 0.3) is 11.1 Å². The number of fused-ring (bicyclic) bond motifs is 5. The molecule has 4 bridgehead atoms. The molecule has 2 aromatic rings. The predicted octanol–water partition coefficient (Wildman–Crippen LogP) is -1.61. The summed E-state index contributed by atoms with van der Waals surface area (Å²) in [5, 5.41) is 16.8. The Balaban J connectivity index is 2.30. The molecule has 1 aliphatic heterocycles. The molecule has 15 nitrogen and oxygen atoms in total. The lowest BCUT2D eigenvalue weighted by Gasteiger charge is -2.31. The van der Waals surface area contributed by atoms with Gasteiger partial charge in [-0.1, -0.05) is 12.1 Å². The first-order chi connectivity index (χ1) is 22.1. The number of carbonyl (C=O) groups excluding carboxylic acids is 4. The van der Waals surface area contributed by atoms with Crippen molar-refractivity contribution >= 4 is 23.6 Å². The molecule has 46 heavy (non-hydrogen) atoms. The van der Waals surface area contributed by atoms with Gasteiger partial charge in [-0.15, -0.1) is 0 Å². The predicted molar refractivity (Wildman–Crippen MR) is 170 cm³/mol. The van der Waals surface area contributed by atoms with Crippen LogP contribution in [0.5, 0.6) is 11.5 Å². The number of benzene rings is 2. The molecule has 2 aromatic carbocycles. The Labute approximate surface area is 267 Å². The van der Waals surface area contributed by atoms with Gasteiger partial charge >= 0.3 is 0 Å². The molecule has 0 fully saturated rings. The van der Waals surface area contributed by atoms with E-state index in [4.69, 9.17) is 37.7 Å². The second-order valence-electron chi connectivity index (χ2n) is 10.8. The van der Waals surface area contributed by atoms with E-state index in [-0.39, 0.29) is 52.2 Å². The van der Waals surface area contributed by atoms with E-state index in [1.807, 2.05) is 6.07 Å². The number of ether oxygens (including phenoxy) is 2. The van der Waals surface area contributed by atoms with Gasteiger partial charge in [0.05, 0.1) is 12.1 Å². The Bertz CT molecular complexity index is 1450. The molecule has 1 aliphatic rings. The lowest BCUT2D eigenvalue weighted by atomic mass is 9.93. The highest BCUT2D eigenvalue weighted by atomic mass is 16.5. The normalized spacial score (nSPS) is 18.6. The lowest BCUT2D eigenvalue weighted by Crippen LogP contribution is -2.55. The van der Waals surface area contributed by atoms with Crippen molar-refractivity contribution in [3.63, 3.8) is 0 Å². The van der Waals surface area contributed by atoms with E-state index in [0.717, 1.165) is 0 Å². The van der Waals surface area contributed by atoms with Gasteiger partial charge in [-0.2, -0.15) is 5.26 Å². The zero-order valence-electron chi connectivity index (χ0n) is 26.1. The van der Waals surface area contributed by atoms with E-state index in [1.165, 1.54) is 18.9 Å². The van der Waals surface area contributed by atoms with Crippen LogP contribution in [0.4, 0.5) is 0 Å². The van der Waals surface area contributed by atoms with Gasteiger partial charge in [0.25, 0.3) is 0 Å². The fourth-order valence-electron chi connectivity index (χ4n) is 5.02. The van der Waals surface area contributed by atoms with E-state index in [2.05, 4.69) is 16.0 Å². The van der Waals surface area contributed by atoms with Crippen molar-refractivity contribution in [3.05, 3.63) is 47.5 Å². The number of nitrogens with two attached hydrogens (primary N) is 4. The van der Waals surface area contributed by atoms with Crippen LogP contribution in [0.3, 0.4) is 0 Å². The number of rotatable bonds is 12. The molecule has 11 N–H and O–H groups in total. The second kappa shape index (κ2) is 17.1. The van der Waals surface area contributed by atoms with Crippen molar-refractivity contribution in [2.75, 3.05) is 46.4 Å². The Kier molecular flexibility index (Phi) is 13.3. The van der Waals surface area contributed by atoms with E-state index in [1.54, 1.807) is 36.4 Å². The summed E-state index contributed by atoms with van der Waals surface area (Å²) in [7, 11) is 1.45. The number of nitrogens with one attached hydrogen (secondary N) is 3. The van der Waals surface area contributed by atoms with Gasteiger partial charge in [-0.05, 0) is 55.3 Å². The van der Waals surface area contributed by atoms with Crippen LogP contribution in [-0.2, 0) is 25.6 Å². The second-order valence-corrected chi connectivity index (χ2v) is 10.8. The third kappa shape index (κ3) is 8.92. The molecule has 0 saturated carbocycles. The van der Waals surface area contributed by atoms with Crippen molar-refractivity contribution in [1.82, 2.24) is 20.9 Å². The maximum absolute atomic E-state index is 13.9. The van der Waals surface area contributed by atoms with Crippen LogP contribution in [0.15, 0.2) is 36.4 Å². The number of hydrogen-bond acceptors (Lipinski definition) is 11. The van der Waals surface area contributed by atoms with Crippen molar-refractivity contribution in [1.29, 1.82) is 5.26 Å². The third-order valence-corrected chi connectivity index (χ3v) is 7.35. The largest absolute Gasteiger partial charge is 0.492 e. The Morgan fingerprint density at radius 3 is 2.24 bits per heavy atom. The minimum Gasteiger partial charge on any atom is -0.492 e. The maximum atomic E-state index is 13.9. The van der Waals surface area contributed by atoms with Crippen LogP contribution in [-0.4, -0.2) is 93.1 Å². The smallest absolute Gasteiger partial charge is 0.248 e. The number of hydrogen-bond donors (Lipinski definition) is 7. The summed E-state index contributed by atoms with van der Waals surface area (Å²) in [6, 6.07) is 7.70. The average molecular weight is 638 g/mol. The quantitative estimate of drug-likeness (QED) is 0.130. The van der Waals surface area contributed by atoms with Crippen molar-refractivity contribution < 1.29 is 28.7 Å². The van der Waals surface area contributed by atoms with Crippen LogP contribution in [0.1, 0.15) is 30.5 Å². The summed E-state index contributed by atoms with van der Waals surface area (Å²) in [5.74, 6) is -1.57. The molecule has 0 saturated heterocycles. The monoisotopic (exact) mass is 637 g/mol. The standard InChI is InChI=1S/C31H43N9O6/c1-18-28(41)39-24(29(42)37-12-9-33)16-19-3-5-25(45-13-10-34)21(15-19)22-17-20(4-6-26(22)46-14-11-35)27(30(43)38-18)40(2)31(44)23(36)7-8-32/h3-6,15,17-18,23-24,27H,7-8,10-14,16,32,34-36H2,1-2H3,(H,37,42)(H,38,43)(H,39,41)/t18-,23-,24-,27-/m0/s1. The minimum absolute atomic E-state index is 0.0470. The zero-order valence-corrected chi connectivity index (χ0v) is 26.1. The molecule has 0 unspecified atom stereocenters. The molecule has 248 valence electrons. The third-order valence-electron chi connectivity index (χ3n) is 7.35. The number of nitriles is 1. The van der Waals surface area contributed by atoms with Crippen LogP contribution < -0.4 is 48.4 Å². The SMILES string of the molecule is C[C@@H]1NC(=O)[C@@H](N(C)C(=O)[C@@H](N)CCN)c2ccc(OCCN)c(c2)-c2cc(ccc2OCCN)C[C@@H](C(=O)NCC#N)NC1=O. The highest BCUT2D eigenvalue weighted by molar-refractivity contribution is 5.95. The molecular formula is C31H43N9O6. The van der Waals surface area contributed by atoms with Crippen LogP contribution >= 0.6 is 0 Å². The van der Waals surface area contributed by atoms with E-state index >= 15 is 0 Å². The molecular weight excluding hydrogens is 594 g/mol. The molecule has 0 aliphatic carbocycles. The Hall–Kier alpha value is -4.75. The van der Waals surface area contributed by atoms with Crippen molar-refractivity contribution in [2.24, 2.45) is 22.9 Å². The van der Waals surface area contributed by atoms with Crippen LogP contribution in [0, 0.1) is 11.3 Å². The first-order valence-electron chi connectivity index (χ1n) is 15.0. The van der Waals surface area contributed by atoms with Gasteiger partial charge in [0.1, 0.15) is 49.4 Å². The number of likely N-dealkylation sites (N-methyl/N-ethyl adjacent to an activating group) is 1. The summed E-state index contributed by atoms with van der Waals surface area (Å²) < 4.78 is 12.0. The molecule has 0 radical (unpaired) electrons. The highest BCUT2D eigenvalue weighted by Crippen LogP contribution is 2.40. The first-order valence-corrected chi connectivity index (χ1v) is 15.0. The number of amides is 4. The first kappa shape index (κ1) is 35.7. The summed E-state index contributed by atoms with van der Waals surface area (Å²) in [4.78, 5) is 54.9. The van der Waals surface area contributed by atoms with Gasteiger partial charge in [0, 0.05) is 37.7 Å². The number of nitrogens with zero attached hydrogens (tertiary/aromatic N) is 2. The molecule has 1 heterocycles.